The topological polar surface area (TPSA) is 17.1 Å². The molecule has 0 rings (SSSR count). The Morgan fingerprint density at radius 1 is 1.25 bits per heavy atom. The summed E-state index contributed by atoms with van der Waals surface area (Å²) in [6.07, 6.45) is 4.14. The third-order valence-corrected chi connectivity index (χ3v) is 2.49. The van der Waals surface area contributed by atoms with Crippen LogP contribution in [0, 0.1) is 11.8 Å². The van der Waals surface area contributed by atoms with Crippen LogP contribution in [-0.2, 0) is 4.79 Å². The Hall–Kier alpha value is -0.330. The van der Waals surface area contributed by atoms with Gasteiger partial charge in [-0.05, 0) is 12.3 Å². The molecule has 0 aromatic heterocycles. The molecule has 1 heteroatoms. The number of Topliss-reactive ketones (excluding diaryl/α,β-unsaturated/α-hetero) is 1. The summed E-state index contributed by atoms with van der Waals surface area (Å²) in [6, 6.07) is 0. The van der Waals surface area contributed by atoms with Gasteiger partial charge in [0.1, 0.15) is 5.78 Å². The quantitative estimate of drug-likeness (QED) is 0.597. The van der Waals surface area contributed by atoms with Gasteiger partial charge in [0.2, 0.25) is 0 Å². The van der Waals surface area contributed by atoms with E-state index in [4.69, 9.17) is 0 Å². The van der Waals surface area contributed by atoms with Crippen molar-refractivity contribution < 1.29 is 4.79 Å². The second-order valence-corrected chi connectivity index (χ2v) is 3.87. The highest BCUT2D eigenvalue weighted by atomic mass is 16.1. The lowest BCUT2D eigenvalue weighted by molar-refractivity contribution is -0.123. The van der Waals surface area contributed by atoms with Gasteiger partial charge in [0.15, 0.2) is 0 Å². The third-order valence-electron chi connectivity index (χ3n) is 2.49. The summed E-state index contributed by atoms with van der Waals surface area (Å²) < 4.78 is 0. The molecule has 0 heterocycles. The van der Waals surface area contributed by atoms with Crippen LogP contribution in [0.5, 0.6) is 0 Å². The second kappa shape index (κ2) is 6.22. The molecule has 0 spiro atoms. The number of hydrogen-bond acceptors (Lipinski definition) is 1. The van der Waals surface area contributed by atoms with Crippen molar-refractivity contribution in [1.82, 2.24) is 0 Å². The maximum atomic E-state index is 11.5. The predicted molar refractivity (Wildman–Crippen MR) is 53.2 cm³/mol. The van der Waals surface area contributed by atoms with E-state index in [-0.39, 0.29) is 5.92 Å². The SMILES string of the molecule is CCCC(C)CC(=O)C(C)CC. The molecule has 0 aliphatic heterocycles. The smallest absolute Gasteiger partial charge is 0.135 e. The minimum Gasteiger partial charge on any atom is -0.299 e. The van der Waals surface area contributed by atoms with E-state index in [1.807, 2.05) is 6.92 Å². The molecule has 2 atom stereocenters. The summed E-state index contributed by atoms with van der Waals surface area (Å²) in [7, 11) is 0. The minimum atomic E-state index is 0.268. The summed E-state index contributed by atoms with van der Waals surface area (Å²) in [4.78, 5) is 11.5. The van der Waals surface area contributed by atoms with Crippen molar-refractivity contribution in [3.8, 4) is 0 Å². The van der Waals surface area contributed by atoms with Gasteiger partial charge < -0.3 is 0 Å². The van der Waals surface area contributed by atoms with E-state index in [0.717, 1.165) is 12.8 Å². The van der Waals surface area contributed by atoms with Crippen LogP contribution < -0.4 is 0 Å². The number of ketones is 1. The van der Waals surface area contributed by atoms with Crippen LogP contribution in [0.15, 0.2) is 0 Å². The fourth-order valence-corrected chi connectivity index (χ4v) is 1.37. The van der Waals surface area contributed by atoms with E-state index in [1.165, 1.54) is 12.8 Å². The van der Waals surface area contributed by atoms with Gasteiger partial charge in [0, 0.05) is 12.3 Å². The molecule has 0 radical (unpaired) electrons. The molecule has 1 nitrogen and oxygen atoms in total. The van der Waals surface area contributed by atoms with Crippen LogP contribution in [0.25, 0.3) is 0 Å². The van der Waals surface area contributed by atoms with Crippen molar-refractivity contribution in [2.45, 2.75) is 53.4 Å². The average molecular weight is 170 g/mol. The van der Waals surface area contributed by atoms with E-state index in [0.29, 0.717) is 11.7 Å². The van der Waals surface area contributed by atoms with E-state index in [1.54, 1.807) is 0 Å². The minimum absolute atomic E-state index is 0.268. The maximum absolute atomic E-state index is 11.5. The Kier molecular flexibility index (Phi) is 6.04. The Morgan fingerprint density at radius 3 is 2.25 bits per heavy atom. The third kappa shape index (κ3) is 4.53. The van der Waals surface area contributed by atoms with E-state index >= 15 is 0 Å². The molecule has 0 N–H and O–H groups in total. The molecule has 0 saturated carbocycles. The Bertz CT molecular complexity index is 129. The highest BCUT2D eigenvalue weighted by molar-refractivity contribution is 5.80. The maximum Gasteiger partial charge on any atom is 0.135 e. The first-order chi connectivity index (χ1) is 5.61. The van der Waals surface area contributed by atoms with Gasteiger partial charge in [-0.3, -0.25) is 4.79 Å². The summed E-state index contributed by atoms with van der Waals surface area (Å²) in [6.45, 7) is 8.45. The molecule has 0 aromatic rings. The molecule has 0 fully saturated rings. The Morgan fingerprint density at radius 2 is 1.83 bits per heavy atom. The molecule has 2 unspecified atom stereocenters. The summed E-state index contributed by atoms with van der Waals surface area (Å²) in [5, 5.41) is 0. The summed E-state index contributed by atoms with van der Waals surface area (Å²) in [5.74, 6) is 1.29. The number of carbonyl (C=O) groups is 1. The van der Waals surface area contributed by atoms with Crippen LogP contribution in [0.3, 0.4) is 0 Å². The first-order valence-electron chi connectivity index (χ1n) is 5.14. The number of hydrogen-bond donors (Lipinski definition) is 0. The van der Waals surface area contributed by atoms with Gasteiger partial charge in [0.25, 0.3) is 0 Å². The van der Waals surface area contributed by atoms with E-state index in [9.17, 15) is 4.79 Å². The van der Waals surface area contributed by atoms with E-state index < -0.39 is 0 Å². The van der Waals surface area contributed by atoms with Crippen molar-refractivity contribution in [3.05, 3.63) is 0 Å². The zero-order valence-electron chi connectivity index (χ0n) is 8.89. The van der Waals surface area contributed by atoms with Crippen molar-refractivity contribution in [2.24, 2.45) is 11.8 Å². The van der Waals surface area contributed by atoms with Crippen LogP contribution >= 0.6 is 0 Å². The van der Waals surface area contributed by atoms with Gasteiger partial charge in [-0.25, -0.2) is 0 Å². The summed E-state index contributed by atoms with van der Waals surface area (Å²) in [5.41, 5.74) is 0. The first-order valence-corrected chi connectivity index (χ1v) is 5.14. The van der Waals surface area contributed by atoms with Gasteiger partial charge >= 0.3 is 0 Å². The van der Waals surface area contributed by atoms with Crippen molar-refractivity contribution in [2.75, 3.05) is 0 Å². The van der Waals surface area contributed by atoms with Crippen LogP contribution in [0.4, 0.5) is 0 Å². The highest BCUT2D eigenvalue weighted by Gasteiger charge is 2.13. The monoisotopic (exact) mass is 170 g/mol. The van der Waals surface area contributed by atoms with Crippen LogP contribution in [0.1, 0.15) is 53.4 Å². The molecule has 0 amide bonds. The summed E-state index contributed by atoms with van der Waals surface area (Å²) >= 11 is 0. The molecule has 0 bridgehead atoms. The Balaban J connectivity index is 3.67. The van der Waals surface area contributed by atoms with Crippen molar-refractivity contribution >= 4 is 5.78 Å². The normalized spacial score (nSPS) is 15.7. The molecule has 0 aliphatic carbocycles. The molecule has 0 aliphatic rings. The highest BCUT2D eigenvalue weighted by Crippen LogP contribution is 2.15. The zero-order chi connectivity index (χ0) is 9.56. The van der Waals surface area contributed by atoms with Crippen LogP contribution in [0.2, 0.25) is 0 Å². The van der Waals surface area contributed by atoms with Gasteiger partial charge in [-0.15, -0.1) is 0 Å². The predicted octanol–water partition coefficient (Wildman–Crippen LogP) is 3.43. The standard InChI is InChI=1S/C11H22O/c1-5-7-9(3)8-11(12)10(4)6-2/h9-10H,5-8H2,1-4H3. The fraction of sp³-hybridized carbons (Fsp3) is 0.909. The molecule has 0 saturated heterocycles. The Labute approximate surface area is 76.6 Å². The lowest BCUT2D eigenvalue weighted by atomic mass is 9.92. The first kappa shape index (κ1) is 11.7. The number of rotatable bonds is 6. The van der Waals surface area contributed by atoms with E-state index in [2.05, 4.69) is 20.8 Å². The largest absolute Gasteiger partial charge is 0.299 e. The second-order valence-electron chi connectivity index (χ2n) is 3.87. The van der Waals surface area contributed by atoms with Gasteiger partial charge in [-0.1, -0.05) is 40.5 Å². The van der Waals surface area contributed by atoms with Crippen LogP contribution in [-0.4, -0.2) is 5.78 Å². The average Bonchev–Trinajstić information content (AvgIpc) is 2.03. The van der Waals surface area contributed by atoms with Gasteiger partial charge in [-0.2, -0.15) is 0 Å². The number of carbonyl (C=O) groups excluding carboxylic acids is 1. The zero-order valence-corrected chi connectivity index (χ0v) is 8.89. The molecule has 12 heavy (non-hydrogen) atoms. The molecule has 0 aromatic carbocycles. The molecular formula is C11H22O. The van der Waals surface area contributed by atoms with Gasteiger partial charge in [0.05, 0.1) is 0 Å². The van der Waals surface area contributed by atoms with Crippen molar-refractivity contribution in [1.29, 1.82) is 0 Å². The van der Waals surface area contributed by atoms with Crippen molar-refractivity contribution in [3.63, 3.8) is 0 Å². The lowest BCUT2D eigenvalue weighted by Gasteiger charge is -2.12. The lowest BCUT2D eigenvalue weighted by Crippen LogP contribution is -2.13. The molecule has 72 valence electrons. The fourth-order valence-electron chi connectivity index (χ4n) is 1.37. The molecular weight excluding hydrogens is 148 g/mol.